The summed E-state index contributed by atoms with van der Waals surface area (Å²) in [6, 6.07) is 0. The first-order valence-corrected chi connectivity index (χ1v) is 8.74. The highest BCUT2D eigenvalue weighted by molar-refractivity contribution is 5.00. The Kier molecular flexibility index (Phi) is 10.7. The van der Waals surface area contributed by atoms with E-state index in [0.29, 0.717) is 0 Å². The van der Waals surface area contributed by atoms with Crippen molar-refractivity contribution in [2.75, 3.05) is 19.8 Å². The molecule has 0 aromatic rings. The van der Waals surface area contributed by atoms with Crippen LogP contribution in [0, 0.1) is 0 Å². The van der Waals surface area contributed by atoms with Crippen LogP contribution in [0.4, 0.5) is 0 Å². The summed E-state index contributed by atoms with van der Waals surface area (Å²) in [5, 5.41) is 0. The van der Waals surface area contributed by atoms with Gasteiger partial charge in [-0.25, -0.2) is 47.2 Å². The van der Waals surface area contributed by atoms with Gasteiger partial charge in [-0.15, -0.1) is 0 Å². The molecule has 0 aromatic carbocycles. The molecule has 2 fully saturated rings. The predicted molar refractivity (Wildman–Crippen MR) is 93.1 cm³/mol. The lowest BCUT2D eigenvalue weighted by Gasteiger charge is -2.45. The van der Waals surface area contributed by atoms with Crippen molar-refractivity contribution >= 4 is 0 Å². The van der Waals surface area contributed by atoms with Gasteiger partial charge in [-0.2, -0.15) is 0 Å². The summed E-state index contributed by atoms with van der Waals surface area (Å²) in [6.07, 6.45) is -8.91. The van der Waals surface area contributed by atoms with E-state index in [1.807, 2.05) is 0 Å². The van der Waals surface area contributed by atoms with Gasteiger partial charge in [0.2, 0.25) is 5.79 Å². The zero-order chi connectivity index (χ0) is 23.0. The van der Waals surface area contributed by atoms with Crippen LogP contribution in [-0.4, -0.2) is 74.6 Å². The summed E-state index contributed by atoms with van der Waals surface area (Å²) >= 11 is 0. The maximum absolute atomic E-state index is 5.98. The molecule has 19 nitrogen and oxygen atoms in total. The second-order valence-corrected chi connectivity index (χ2v) is 6.57. The van der Waals surface area contributed by atoms with Crippen molar-refractivity contribution in [3.05, 3.63) is 0 Å². The monoisotopic (exact) mass is 462 g/mol. The molecule has 2 rings (SSSR count). The zero-order valence-corrected chi connectivity index (χ0v) is 16.3. The average molecular weight is 462 g/mol. The van der Waals surface area contributed by atoms with Gasteiger partial charge in [-0.1, -0.05) is 0 Å². The summed E-state index contributed by atoms with van der Waals surface area (Å²) in [5.74, 6) is 40.5. The number of hydrogen-bond acceptors (Lipinski definition) is 19. The fraction of sp³-hybridized carbons (Fsp3) is 1.00. The van der Waals surface area contributed by atoms with Crippen LogP contribution in [0.25, 0.3) is 0 Å². The third-order valence-corrected chi connectivity index (χ3v) is 4.94. The van der Waals surface area contributed by atoms with Crippen LogP contribution in [0.5, 0.6) is 0 Å². The first-order valence-electron chi connectivity index (χ1n) is 8.74. The van der Waals surface area contributed by atoms with Crippen LogP contribution in [0.2, 0.25) is 0 Å². The molecule has 184 valence electrons. The third-order valence-electron chi connectivity index (χ3n) is 4.94. The molecule has 0 amide bonds. The Morgan fingerprint density at radius 3 is 1.68 bits per heavy atom. The van der Waals surface area contributed by atoms with E-state index in [1.54, 1.807) is 0 Å². The lowest BCUT2D eigenvalue weighted by atomic mass is 9.98. The van der Waals surface area contributed by atoms with Crippen molar-refractivity contribution in [2.45, 2.75) is 54.8 Å². The minimum atomic E-state index is -1.89. The Bertz CT molecular complexity index is 529. The standard InChI is InChI=1S/C12H30N8O11/c13-21-1-4-6(27-16)8(29-18)9(30-19)11(24-4)26-12(3-23-15)10(31-20)7(28-17)5(25-12)2-22-14/h4-11H,1-3,13-20H2. The lowest BCUT2D eigenvalue weighted by Crippen LogP contribution is -2.66. The van der Waals surface area contributed by atoms with E-state index in [-0.39, 0.29) is 13.2 Å². The van der Waals surface area contributed by atoms with Crippen LogP contribution < -0.4 is 47.2 Å². The Labute approximate surface area is 175 Å². The molecular weight excluding hydrogens is 432 g/mol. The summed E-state index contributed by atoms with van der Waals surface area (Å²) in [7, 11) is 0. The van der Waals surface area contributed by atoms with Gasteiger partial charge in [0.1, 0.15) is 37.1 Å². The second-order valence-electron chi connectivity index (χ2n) is 6.57. The van der Waals surface area contributed by atoms with E-state index in [4.69, 9.17) is 90.4 Å². The molecule has 0 aromatic heterocycles. The summed E-state index contributed by atoms with van der Waals surface area (Å²) in [4.78, 5) is 38.6. The van der Waals surface area contributed by atoms with Crippen molar-refractivity contribution in [1.82, 2.24) is 0 Å². The van der Waals surface area contributed by atoms with Gasteiger partial charge in [0.15, 0.2) is 18.5 Å². The highest BCUT2D eigenvalue weighted by Gasteiger charge is 2.62. The van der Waals surface area contributed by atoms with Crippen LogP contribution in [0.3, 0.4) is 0 Å². The molecule has 16 N–H and O–H groups in total. The topological polar surface area (TPSA) is 310 Å². The van der Waals surface area contributed by atoms with Crippen molar-refractivity contribution in [2.24, 2.45) is 47.2 Å². The normalized spacial score (nSPS) is 41.0. The highest BCUT2D eigenvalue weighted by Crippen LogP contribution is 2.39. The number of nitrogens with two attached hydrogens (primary N) is 8. The zero-order valence-electron chi connectivity index (χ0n) is 16.3. The number of rotatable bonds is 13. The molecule has 2 aliphatic rings. The minimum absolute atomic E-state index is 0.193. The summed E-state index contributed by atoms with van der Waals surface area (Å²) in [5.41, 5.74) is 0. The molecule has 19 heteroatoms. The maximum Gasteiger partial charge on any atom is 0.228 e. The average Bonchev–Trinajstić information content (AvgIpc) is 3.05. The molecule has 0 radical (unpaired) electrons. The van der Waals surface area contributed by atoms with Crippen molar-refractivity contribution in [3.63, 3.8) is 0 Å². The van der Waals surface area contributed by atoms with Gasteiger partial charge >= 0.3 is 0 Å². The molecule has 2 aliphatic heterocycles. The molecule has 31 heavy (non-hydrogen) atoms. The van der Waals surface area contributed by atoms with Crippen LogP contribution >= 0.6 is 0 Å². The fourth-order valence-corrected chi connectivity index (χ4v) is 3.62. The maximum atomic E-state index is 5.98. The van der Waals surface area contributed by atoms with E-state index in [1.165, 1.54) is 0 Å². The smallest absolute Gasteiger partial charge is 0.228 e. The predicted octanol–water partition coefficient (Wildman–Crippen LogP) is -6.21. The van der Waals surface area contributed by atoms with Crippen molar-refractivity contribution in [1.29, 1.82) is 0 Å². The number of hydrogen-bond donors (Lipinski definition) is 8. The summed E-state index contributed by atoms with van der Waals surface area (Å²) < 4.78 is 17.6. The first kappa shape index (κ1) is 26.5. The van der Waals surface area contributed by atoms with Gasteiger partial charge in [0, 0.05) is 0 Å². The van der Waals surface area contributed by atoms with E-state index in [0.717, 1.165) is 0 Å². The van der Waals surface area contributed by atoms with Crippen LogP contribution in [0.1, 0.15) is 0 Å². The van der Waals surface area contributed by atoms with Gasteiger partial charge in [0.25, 0.3) is 0 Å². The third kappa shape index (κ3) is 5.43. The van der Waals surface area contributed by atoms with Gasteiger partial charge in [0.05, 0.1) is 13.2 Å². The molecular formula is C12H30N8O11. The highest BCUT2D eigenvalue weighted by atomic mass is 16.8. The van der Waals surface area contributed by atoms with E-state index < -0.39 is 61.4 Å². The van der Waals surface area contributed by atoms with Gasteiger partial charge < -0.3 is 23.9 Å². The molecule has 0 spiro atoms. The Morgan fingerprint density at radius 2 is 1.19 bits per heavy atom. The van der Waals surface area contributed by atoms with Gasteiger partial charge in [-0.3, -0.25) is 29.0 Å². The van der Waals surface area contributed by atoms with Crippen molar-refractivity contribution < 1.29 is 52.9 Å². The molecule has 0 saturated carbocycles. The van der Waals surface area contributed by atoms with E-state index in [9.17, 15) is 0 Å². The van der Waals surface area contributed by atoms with Gasteiger partial charge in [-0.05, 0) is 0 Å². The number of ether oxygens (including phenoxy) is 3. The molecule has 0 bridgehead atoms. The SMILES string of the molecule is NOCC1OC(OC2(CON)OC(CON)C(ON)C2ON)C(ON)C(ON)C1ON. The largest absolute Gasteiger partial charge is 0.341 e. The molecule has 9 unspecified atom stereocenters. The van der Waals surface area contributed by atoms with E-state index >= 15 is 0 Å². The fourth-order valence-electron chi connectivity index (χ4n) is 3.62. The van der Waals surface area contributed by atoms with E-state index in [2.05, 4.69) is 9.68 Å². The molecule has 0 aliphatic carbocycles. The molecule has 2 saturated heterocycles. The Hall–Kier alpha value is -0.760. The molecule has 9 atom stereocenters. The van der Waals surface area contributed by atoms with Crippen molar-refractivity contribution in [3.8, 4) is 0 Å². The lowest BCUT2D eigenvalue weighted by molar-refractivity contribution is -0.397. The van der Waals surface area contributed by atoms with Crippen LogP contribution in [-0.2, 0) is 52.9 Å². The quantitative estimate of drug-likeness (QED) is 0.118. The Morgan fingerprint density at radius 1 is 0.613 bits per heavy atom. The minimum Gasteiger partial charge on any atom is -0.341 e. The molecule has 2 heterocycles. The first-order chi connectivity index (χ1) is 15.0. The summed E-state index contributed by atoms with van der Waals surface area (Å²) in [6.45, 7) is -0.869. The Balaban J connectivity index is 2.38. The van der Waals surface area contributed by atoms with Crippen LogP contribution in [0.15, 0.2) is 0 Å². The second kappa shape index (κ2) is 12.5.